The number of aryl methyl sites for hydroxylation is 2. The number of hydrogen-bond donors (Lipinski definition) is 0. The molecule has 3 nitrogen and oxygen atoms in total. The van der Waals surface area contributed by atoms with Crippen LogP contribution in [0.3, 0.4) is 0 Å². The number of fused-ring (bicyclic) bond motifs is 1. The highest BCUT2D eigenvalue weighted by atomic mass is 19.1. The van der Waals surface area contributed by atoms with Crippen molar-refractivity contribution in [2.24, 2.45) is 0 Å². The Balaban J connectivity index is 1.64. The maximum atomic E-state index is 13.1. The van der Waals surface area contributed by atoms with Gasteiger partial charge < -0.3 is 4.74 Å². The summed E-state index contributed by atoms with van der Waals surface area (Å²) >= 11 is 0. The van der Waals surface area contributed by atoms with Crippen LogP contribution in [0, 0.1) is 5.82 Å². The van der Waals surface area contributed by atoms with E-state index in [9.17, 15) is 14.0 Å². The predicted octanol–water partition coefficient (Wildman–Crippen LogP) is 3.74. The van der Waals surface area contributed by atoms with Crippen molar-refractivity contribution in [1.29, 1.82) is 0 Å². The number of hydrogen-bond acceptors (Lipinski definition) is 3. The van der Waals surface area contributed by atoms with Crippen LogP contribution in [0.1, 0.15) is 44.7 Å². The van der Waals surface area contributed by atoms with Crippen molar-refractivity contribution in [2.45, 2.75) is 25.7 Å². The van der Waals surface area contributed by atoms with E-state index in [1.807, 2.05) is 12.1 Å². The monoisotopic (exact) mass is 312 g/mol. The first-order valence-electron chi connectivity index (χ1n) is 7.71. The molecule has 0 saturated heterocycles. The fourth-order valence-electron chi connectivity index (χ4n) is 2.82. The number of ketones is 1. The first kappa shape index (κ1) is 15.4. The number of Topliss-reactive ketones (excluding diaryl/α,β-unsaturated/α-hetero) is 1. The van der Waals surface area contributed by atoms with Crippen LogP contribution in [-0.4, -0.2) is 18.4 Å². The Morgan fingerprint density at radius 3 is 2.52 bits per heavy atom. The van der Waals surface area contributed by atoms with E-state index in [-0.39, 0.29) is 12.2 Å². The van der Waals surface area contributed by atoms with Gasteiger partial charge in [-0.2, -0.15) is 0 Å². The quantitative estimate of drug-likeness (QED) is 0.638. The molecule has 0 spiro atoms. The van der Waals surface area contributed by atoms with E-state index in [2.05, 4.69) is 0 Å². The smallest absolute Gasteiger partial charge is 0.338 e. The topological polar surface area (TPSA) is 43.4 Å². The number of halogens is 1. The lowest BCUT2D eigenvalue weighted by Gasteiger charge is -2.16. The number of benzene rings is 2. The lowest BCUT2D eigenvalue weighted by molar-refractivity contribution is 0.0474. The minimum absolute atomic E-state index is 0.197. The molecule has 0 atom stereocenters. The summed E-state index contributed by atoms with van der Waals surface area (Å²) in [6.07, 6.45) is 4.32. The van der Waals surface area contributed by atoms with Crippen LogP contribution < -0.4 is 0 Å². The van der Waals surface area contributed by atoms with Gasteiger partial charge in [-0.3, -0.25) is 4.79 Å². The molecule has 0 saturated carbocycles. The SMILES string of the molecule is O=C(COC(=O)c1ccc2c(c1)CCCC2)c1cccc(F)c1. The van der Waals surface area contributed by atoms with Crippen molar-refractivity contribution in [2.75, 3.05) is 6.61 Å². The van der Waals surface area contributed by atoms with Crippen molar-refractivity contribution in [3.8, 4) is 0 Å². The van der Waals surface area contributed by atoms with E-state index >= 15 is 0 Å². The van der Waals surface area contributed by atoms with Gasteiger partial charge in [-0.05, 0) is 61.1 Å². The van der Waals surface area contributed by atoms with Gasteiger partial charge in [0.05, 0.1) is 5.56 Å². The molecule has 0 N–H and O–H groups in total. The summed E-state index contributed by atoms with van der Waals surface area (Å²) in [6, 6.07) is 10.9. The summed E-state index contributed by atoms with van der Waals surface area (Å²) in [5, 5.41) is 0. The van der Waals surface area contributed by atoms with Crippen molar-refractivity contribution >= 4 is 11.8 Å². The van der Waals surface area contributed by atoms with E-state index in [4.69, 9.17) is 4.74 Å². The first-order valence-corrected chi connectivity index (χ1v) is 7.71. The Morgan fingerprint density at radius 1 is 0.957 bits per heavy atom. The van der Waals surface area contributed by atoms with E-state index in [1.165, 1.54) is 35.7 Å². The Hall–Kier alpha value is -2.49. The van der Waals surface area contributed by atoms with E-state index in [0.29, 0.717) is 5.56 Å². The van der Waals surface area contributed by atoms with Crippen LogP contribution in [0.2, 0.25) is 0 Å². The molecular formula is C19H17FO3. The zero-order chi connectivity index (χ0) is 16.2. The van der Waals surface area contributed by atoms with Gasteiger partial charge in [0.2, 0.25) is 0 Å². The molecule has 0 aliphatic heterocycles. The standard InChI is InChI=1S/C19H17FO3/c20-17-7-3-6-15(11-17)18(21)12-23-19(22)16-9-8-13-4-1-2-5-14(13)10-16/h3,6-11H,1-2,4-5,12H2. The molecule has 118 valence electrons. The second-order valence-corrected chi connectivity index (χ2v) is 5.70. The van der Waals surface area contributed by atoms with Crippen molar-refractivity contribution in [3.63, 3.8) is 0 Å². The van der Waals surface area contributed by atoms with Gasteiger partial charge in [0.1, 0.15) is 5.82 Å². The molecule has 0 heterocycles. The summed E-state index contributed by atoms with van der Waals surface area (Å²) in [4.78, 5) is 24.0. The van der Waals surface area contributed by atoms with E-state index < -0.39 is 17.6 Å². The molecule has 4 heteroatoms. The predicted molar refractivity (Wildman–Crippen MR) is 84.1 cm³/mol. The van der Waals surface area contributed by atoms with Gasteiger partial charge in [-0.1, -0.05) is 18.2 Å². The average Bonchev–Trinajstić information content (AvgIpc) is 2.59. The summed E-state index contributed by atoms with van der Waals surface area (Å²) in [6.45, 7) is -0.390. The van der Waals surface area contributed by atoms with Crippen LogP contribution in [0.5, 0.6) is 0 Å². The highest BCUT2D eigenvalue weighted by molar-refractivity contribution is 5.99. The van der Waals surface area contributed by atoms with E-state index in [0.717, 1.165) is 25.3 Å². The molecule has 0 amide bonds. The Kier molecular flexibility index (Phi) is 4.51. The second kappa shape index (κ2) is 6.73. The normalized spacial score (nSPS) is 13.3. The van der Waals surface area contributed by atoms with Gasteiger partial charge in [0, 0.05) is 5.56 Å². The third-order valence-corrected chi connectivity index (χ3v) is 4.07. The average molecular weight is 312 g/mol. The van der Waals surface area contributed by atoms with Gasteiger partial charge in [-0.25, -0.2) is 9.18 Å². The molecule has 0 unspecified atom stereocenters. The van der Waals surface area contributed by atoms with Gasteiger partial charge in [0.15, 0.2) is 12.4 Å². The lowest BCUT2D eigenvalue weighted by atomic mass is 9.90. The van der Waals surface area contributed by atoms with Gasteiger partial charge in [-0.15, -0.1) is 0 Å². The number of ether oxygens (including phenoxy) is 1. The van der Waals surface area contributed by atoms with E-state index in [1.54, 1.807) is 6.07 Å². The highest BCUT2D eigenvalue weighted by Gasteiger charge is 2.15. The molecule has 1 aliphatic carbocycles. The minimum atomic E-state index is -0.525. The molecule has 3 rings (SSSR count). The molecule has 0 fully saturated rings. The van der Waals surface area contributed by atoms with Crippen molar-refractivity contribution in [3.05, 3.63) is 70.5 Å². The van der Waals surface area contributed by atoms with Gasteiger partial charge in [0.25, 0.3) is 0 Å². The van der Waals surface area contributed by atoms with Gasteiger partial charge >= 0.3 is 5.97 Å². The van der Waals surface area contributed by atoms with Crippen LogP contribution >= 0.6 is 0 Å². The summed E-state index contributed by atoms with van der Waals surface area (Å²) in [5.41, 5.74) is 3.12. The molecule has 1 aliphatic rings. The molecular weight excluding hydrogens is 295 g/mol. The minimum Gasteiger partial charge on any atom is -0.454 e. The molecule has 23 heavy (non-hydrogen) atoms. The third kappa shape index (κ3) is 3.65. The van der Waals surface area contributed by atoms with Crippen molar-refractivity contribution in [1.82, 2.24) is 0 Å². The third-order valence-electron chi connectivity index (χ3n) is 4.07. The van der Waals surface area contributed by atoms with Crippen molar-refractivity contribution < 1.29 is 18.7 Å². The highest BCUT2D eigenvalue weighted by Crippen LogP contribution is 2.22. The Morgan fingerprint density at radius 2 is 1.74 bits per heavy atom. The molecule has 0 aromatic heterocycles. The lowest BCUT2D eigenvalue weighted by Crippen LogP contribution is -2.15. The summed E-state index contributed by atoms with van der Waals surface area (Å²) in [7, 11) is 0. The van der Waals surface area contributed by atoms with Crippen LogP contribution in [0.25, 0.3) is 0 Å². The van der Waals surface area contributed by atoms with Crippen LogP contribution in [0.15, 0.2) is 42.5 Å². The maximum absolute atomic E-state index is 13.1. The first-order chi connectivity index (χ1) is 11.1. The fourth-order valence-corrected chi connectivity index (χ4v) is 2.82. The summed E-state index contributed by atoms with van der Waals surface area (Å²) < 4.78 is 18.2. The fraction of sp³-hybridized carbons (Fsp3) is 0.263. The molecule has 0 bridgehead atoms. The number of rotatable bonds is 4. The number of carbonyl (C=O) groups excluding carboxylic acids is 2. The van der Waals surface area contributed by atoms with Crippen LogP contribution in [0.4, 0.5) is 4.39 Å². The largest absolute Gasteiger partial charge is 0.454 e. The molecule has 2 aromatic rings. The molecule has 0 radical (unpaired) electrons. The maximum Gasteiger partial charge on any atom is 0.338 e. The number of esters is 1. The zero-order valence-corrected chi connectivity index (χ0v) is 12.7. The Bertz CT molecular complexity index is 752. The summed E-state index contributed by atoms with van der Waals surface area (Å²) in [5.74, 6) is -1.43. The van der Waals surface area contributed by atoms with Crippen LogP contribution in [-0.2, 0) is 17.6 Å². The zero-order valence-electron chi connectivity index (χ0n) is 12.7. The number of carbonyl (C=O) groups is 2. The molecule has 2 aromatic carbocycles. The second-order valence-electron chi connectivity index (χ2n) is 5.70. The Labute approximate surface area is 134 Å².